The van der Waals surface area contributed by atoms with Crippen LogP contribution in [0, 0.1) is 0 Å². The molecule has 28 heavy (non-hydrogen) atoms. The minimum absolute atomic E-state index is 0.329. The number of hydrogen-bond acceptors (Lipinski definition) is 6. The van der Waals surface area contributed by atoms with E-state index in [1.807, 2.05) is 36.4 Å². The number of aromatic nitrogens is 4. The first-order chi connectivity index (χ1) is 13.6. The Morgan fingerprint density at radius 2 is 1.18 bits per heavy atom. The maximum absolute atomic E-state index is 12.5. The van der Waals surface area contributed by atoms with Crippen LogP contribution in [0.15, 0.2) is 60.9 Å². The molecule has 4 heterocycles. The normalized spacial score (nSPS) is 13.2. The summed E-state index contributed by atoms with van der Waals surface area (Å²) in [5.41, 5.74) is 3.09. The van der Waals surface area contributed by atoms with Crippen LogP contribution in [0.2, 0.25) is 0 Å². The van der Waals surface area contributed by atoms with Crippen LogP contribution in [0.1, 0.15) is 20.7 Å². The number of nitrogens with zero attached hydrogens (tertiary/aromatic N) is 5. The maximum Gasteiger partial charge on any atom is 0.261 e. The Hall–Kier alpha value is -4.00. The quantitative estimate of drug-likeness (QED) is 0.506. The van der Waals surface area contributed by atoms with Crippen molar-refractivity contribution in [2.45, 2.75) is 0 Å². The van der Waals surface area contributed by atoms with Crippen LogP contribution in [0.4, 0.5) is 0 Å². The molecule has 3 aromatic heterocycles. The summed E-state index contributed by atoms with van der Waals surface area (Å²) in [5.74, 6) is -0.657. The van der Waals surface area contributed by atoms with Gasteiger partial charge in [0.1, 0.15) is 11.4 Å². The Labute approximate surface area is 159 Å². The molecule has 0 N–H and O–H groups in total. The zero-order valence-corrected chi connectivity index (χ0v) is 14.8. The number of carbonyl (C=O) groups is 2. The summed E-state index contributed by atoms with van der Waals surface area (Å²) in [4.78, 5) is 34.8. The molecule has 1 aromatic carbocycles. The molecule has 1 aliphatic heterocycles. The Morgan fingerprint density at radius 3 is 1.57 bits per heavy atom. The fraction of sp³-hybridized carbons (Fsp3) is 0.0476. The molecule has 0 saturated heterocycles. The molecule has 0 spiro atoms. The first-order valence-electron chi connectivity index (χ1n) is 8.65. The summed E-state index contributed by atoms with van der Waals surface area (Å²) in [6.07, 6.45) is 3.34. The van der Waals surface area contributed by atoms with Gasteiger partial charge in [0, 0.05) is 30.2 Å². The summed E-state index contributed by atoms with van der Waals surface area (Å²) < 4.78 is 0. The molecule has 0 saturated carbocycles. The molecule has 4 aromatic rings. The van der Waals surface area contributed by atoms with Gasteiger partial charge in [0.25, 0.3) is 11.8 Å². The summed E-state index contributed by atoms with van der Waals surface area (Å²) in [6, 6.07) is 14.4. The average molecular weight is 367 g/mol. The van der Waals surface area contributed by atoms with E-state index in [0.29, 0.717) is 44.7 Å². The molecule has 5 rings (SSSR count). The van der Waals surface area contributed by atoms with Crippen molar-refractivity contribution in [1.29, 1.82) is 0 Å². The lowest BCUT2D eigenvalue weighted by Gasteiger charge is -2.10. The highest BCUT2D eigenvalue weighted by Gasteiger charge is 2.34. The maximum atomic E-state index is 12.5. The summed E-state index contributed by atoms with van der Waals surface area (Å²) in [6.45, 7) is 0. The van der Waals surface area contributed by atoms with Crippen LogP contribution in [-0.4, -0.2) is 43.9 Å². The molecule has 7 nitrogen and oxygen atoms in total. The number of hydrogen-bond donors (Lipinski definition) is 0. The minimum atomic E-state index is -0.329. The largest absolute Gasteiger partial charge is 0.277 e. The average Bonchev–Trinajstić information content (AvgIpc) is 2.96. The zero-order chi connectivity index (χ0) is 19.3. The number of imide groups is 1. The van der Waals surface area contributed by atoms with Crippen LogP contribution in [-0.2, 0) is 0 Å². The van der Waals surface area contributed by atoms with E-state index in [1.165, 1.54) is 7.05 Å². The van der Waals surface area contributed by atoms with Crippen molar-refractivity contribution in [1.82, 2.24) is 25.1 Å². The molecular formula is C21H13N5O2. The summed E-state index contributed by atoms with van der Waals surface area (Å²) in [7, 11) is 1.48. The lowest BCUT2D eigenvalue weighted by Crippen LogP contribution is -2.24. The van der Waals surface area contributed by atoms with Crippen LogP contribution >= 0.6 is 0 Å². The predicted octanol–water partition coefficient (Wildman–Crippen LogP) is 2.98. The second-order valence-electron chi connectivity index (χ2n) is 6.44. The van der Waals surface area contributed by atoms with Crippen LogP contribution in [0.3, 0.4) is 0 Å². The van der Waals surface area contributed by atoms with Crippen LogP contribution in [0.5, 0.6) is 0 Å². The van der Waals surface area contributed by atoms with Crippen LogP contribution in [0.25, 0.3) is 33.5 Å². The molecule has 0 radical (unpaired) electrons. The van der Waals surface area contributed by atoms with Gasteiger partial charge in [-0.1, -0.05) is 12.1 Å². The van der Waals surface area contributed by atoms with Gasteiger partial charge in [-0.25, -0.2) is 0 Å². The van der Waals surface area contributed by atoms with E-state index < -0.39 is 0 Å². The SMILES string of the molecule is CN1C(=O)c2cc3c(-c4ccccn4)nnc(-c4ccccn4)c3cc2C1=O. The third-order valence-electron chi connectivity index (χ3n) is 4.80. The number of carbonyl (C=O) groups excluding carboxylic acids is 2. The van der Waals surface area contributed by atoms with E-state index in [2.05, 4.69) is 20.2 Å². The van der Waals surface area contributed by atoms with Gasteiger partial charge in [0.05, 0.1) is 22.5 Å². The van der Waals surface area contributed by atoms with E-state index in [4.69, 9.17) is 0 Å². The summed E-state index contributed by atoms with van der Waals surface area (Å²) >= 11 is 0. The zero-order valence-electron chi connectivity index (χ0n) is 14.8. The second kappa shape index (κ2) is 6.02. The third kappa shape index (κ3) is 2.30. The fourth-order valence-electron chi connectivity index (χ4n) is 3.39. The van der Waals surface area contributed by atoms with Crippen LogP contribution < -0.4 is 0 Å². The Bertz CT molecular complexity index is 1160. The van der Waals surface area contributed by atoms with Gasteiger partial charge in [-0.3, -0.25) is 24.5 Å². The van der Waals surface area contributed by atoms with E-state index >= 15 is 0 Å². The number of rotatable bonds is 2. The highest BCUT2D eigenvalue weighted by Crippen LogP contribution is 2.35. The number of pyridine rings is 2. The lowest BCUT2D eigenvalue weighted by molar-refractivity contribution is 0.0693. The Kier molecular flexibility index (Phi) is 3.48. The Balaban J connectivity index is 1.88. The van der Waals surface area contributed by atoms with Crippen molar-refractivity contribution >= 4 is 22.6 Å². The summed E-state index contributed by atoms with van der Waals surface area (Å²) in [5, 5.41) is 10.2. The molecule has 0 bridgehead atoms. The van der Waals surface area contributed by atoms with Gasteiger partial charge < -0.3 is 0 Å². The van der Waals surface area contributed by atoms with Gasteiger partial charge >= 0.3 is 0 Å². The molecule has 2 amide bonds. The standard InChI is InChI=1S/C21H13N5O2/c1-26-20(27)14-10-12-13(11-15(14)21(26)28)19(17-7-3-5-9-23-17)25-24-18(12)16-6-2-4-8-22-16/h2-11H,1H3. The molecule has 0 fully saturated rings. The first-order valence-corrected chi connectivity index (χ1v) is 8.65. The topological polar surface area (TPSA) is 88.9 Å². The van der Waals surface area contributed by atoms with E-state index in [0.717, 1.165) is 4.90 Å². The minimum Gasteiger partial charge on any atom is -0.277 e. The van der Waals surface area contributed by atoms with Crippen molar-refractivity contribution < 1.29 is 9.59 Å². The molecule has 0 aliphatic carbocycles. The molecule has 0 atom stereocenters. The van der Waals surface area contributed by atoms with Crippen molar-refractivity contribution in [2.75, 3.05) is 7.05 Å². The third-order valence-corrected chi connectivity index (χ3v) is 4.80. The molecule has 134 valence electrons. The Morgan fingerprint density at radius 1 is 0.714 bits per heavy atom. The monoisotopic (exact) mass is 367 g/mol. The predicted molar refractivity (Wildman–Crippen MR) is 102 cm³/mol. The van der Waals surface area contributed by atoms with Crippen molar-refractivity contribution in [3.05, 3.63) is 72.1 Å². The van der Waals surface area contributed by atoms with E-state index in [-0.39, 0.29) is 11.8 Å². The molecule has 1 aliphatic rings. The molecule has 0 unspecified atom stereocenters. The first kappa shape index (κ1) is 16.2. The van der Waals surface area contributed by atoms with Crippen molar-refractivity contribution in [3.63, 3.8) is 0 Å². The highest BCUT2D eigenvalue weighted by atomic mass is 16.2. The lowest BCUT2D eigenvalue weighted by atomic mass is 9.98. The van der Waals surface area contributed by atoms with Gasteiger partial charge in [0.15, 0.2) is 0 Å². The van der Waals surface area contributed by atoms with E-state index in [9.17, 15) is 9.59 Å². The van der Waals surface area contributed by atoms with Crippen molar-refractivity contribution in [3.8, 4) is 22.8 Å². The van der Waals surface area contributed by atoms with Gasteiger partial charge in [0.2, 0.25) is 0 Å². The fourth-order valence-corrected chi connectivity index (χ4v) is 3.39. The van der Waals surface area contributed by atoms with E-state index in [1.54, 1.807) is 24.5 Å². The molecular weight excluding hydrogens is 354 g/mol. The number of amides is 2. The highest BCUT2D eigenvalue weighted by molar-refractivity contribution is 6.24. The molecule has 7 heteroatoms. The second-order valence-corrected chi connectivity index (χ2v) is 6.44. The number of benzene rings is 1. The van der Waals surface area contributed by atoms with Gasteiger partial charge in [-0.05, 0) is 36.4 Å². The van der Waals surface area contributed by atoms with Gasteiger partial charge in [-0.2, -0.15) is 0 Å². The van der Waals surface area contributed by atoms with Crippen molar-refractivity contribution in [2.24, 2.45) is 0 Å². The van der Waals surface area contributed by atoms with Gasteiger partial charge in [-0.15, -0.1) is 10.2 Å². The number of fused-ring (bicyclic) bond motifs is 2. The smallest absolute Gasteiger partial charge is 0.261 e.